The Morgan fingerprint density at radius 3 is 1.54 bits per heavy atom. The van der Waals surface area contributed by atoms with E-state index >= 15 is 0 Å². The molecule has 1 aromatic rings. The summed E-state index contributed by atoms with van der Waals surface area (Å²) in [6.45, 7) is 4.05. The Morgan fingerprint density at radius 1 is 0.857 bits per heavy atom. The Kier molecular flexibility index (Phi) is 12.6. The summed E-state index contributed by atoms with van der Waals surface area (Å²) in [7, 11) is 0. The maximum absolute atomic E-state index is 12.7. The molecule has 158 valence electrons. The smallest absolute Gasteiger partial charge is 0.341 e. The van der Waals surface area contributed by atoms with Crippen molar-refractivity contribution in [3.05, 3.63) is 21.8 Å². The van der Waals surface area contributed by atoms with E-state index in [1.165, 1.54) is 0 Å². The van der Waals surface area contributed by atoms with Crippen LogP contribution in [-0.4, -0.2) is 23.1 Å². The van der Waals surface area contributed by atoms with Crippen LogP contribution in [0.25, 0.3) is 0 Å². The molecule has 2 N–H and O–H groups in total. The maximum atomic E-state index is 12.7. The van der Waals surface area contributed by atoms with Crippen LogP contribution in [0.1, 0.15) is 73.1 Å². The molecule has 10 heteroatoms. The number of anilines is 1. The summed E-state index contributed by atoms with van der Waals surface area (Å²) in [5.41, 5.74) is 5.42. The molecule has 0 aromatic heterocycles. The summed E-state index contributed by atoms with van der Waals surface area (Å²) in [5.74, 6) is -1.23. The molecule has 0 bridgehead atoms. The number of esters is 2. The molecule has 1 aromatic carbocycles. The first-order valence-corrected chi connectivity index (χ1v) is 12.9. The highest BCUT2D eigenvalue weighted by Crippen LogP contribution is 2.35. The molecule has 0 fully saturated rings. The third-order valence-electron chi connectivity index (χ3n) is 3.80. The number of unbranched alkanes of at least 4 members (excludes halogenated alkanes) is 2. The minimum absolute atomic E-state index is 0.216. The number of halogens is 5. The lowest BCUT2D eigenvalue weighted by molar-refractivity contribution is 0.0428. The van der Waals surface area contributed by atoms with Crippen molar-refractivity contribution in [1.82, 2.24) is 0 Å². The fraction of sp³-hybridized carbons (Fsp3) is 0.556. The van der Waals surface area contributed by atoms with Gasteiger partial charge in [0.1, 0.15) is 0 Å². The number of ether oxygens (including phenoxy) is 2. The van der Waals surface area contributed by atoms with E-state index in [-0.39, 0.29) is 11.1 Å². The first-order chi connectivity index (χ1) is 13.1. The number of rotatable bonds is 10. The van der Waals surface area contributed by atoms with Crippen molar-refractivity contribution in [2.75, 3.05) is 5.73 Å². The van der Waals surface area contributed by atoms with Crippen molar-refractivity contribution in [3.8, 4) is 0 Å². The van der Waals surface area contributed by atoms with Crippen LogP contribution in [0.4, 0.5) is 5.69 Å². The predicted molar refractivity (Wildman–Crippen MR) is 138 cm³/mol. The third-order valence-corrected chi connectivity index (χ3v) is 7.73. The normalized spacial score (nSPS) is 13.1. The lowest BCUT2D eigenvalue weighted by atomic mass is 10.1. The molecule has 0 saturated carbocycles. The van der Waals surface area contributed by atoms with Crippen LogP contribution < -0.4 is 5.73 Å². The number of nitrogens with two attached hydrogens (primary N) is 1. The molecular formula is C18H22Cl2I3NO4. The fourth-order valence-corrected chi connectivity index (χ4v) is 6.76. The molecule has 2 unspecified atom stereocenters. The van der Waals surface area contributed by atoms with Gasteiger partial charge in [-0.15, -0.1) is 0 Å². The summed E-state index contributed by atoms with van der Waals surface area (Å²) in [6, 6.07) is 0. The fourth-order valence-electron chi connectivity index (χ4n) is 2.24. The molecule has 0 radical (unpaired) electrons. The summed E-state index contributed by atoms with van der Waals surface area (Å²) < 4.78 is 12.1. The zero-order chi connectivity index (χ0) is 21.4. The maximum Gasteiger partial charge on any atom is 0.341 e. The van der Waals surface area contributed by atoms with Crippen LogP contribution in [-0.2, 0) is 9.47 Å². The molecule has 0 aliphatic heterocycles. The van der Waals surface area contributed by atoms with Gasteiger partial charge < -0.3 is 15.2 Å². The SMILES string of the molecule is CCCCC(Cl)OC(=O)c1c(I)c(N)c(I)c(C(=O)OC(Cl)CCCC)c1I. The van der Waals surface area contributed by atoms with Gasteiger partial charge in [0, 0.05) is 3.57 Å². The van der Waals surface area contributed by atoms with E-state index in [4.69, 9.17) is 38.4 Å². The number of carbonyl (C=O) groups is 2. The summed E-state index contributed by atoms with van der Waals surface area (Å²) in [5, 5.41) is 0. The molecule has 5 nitrogen and oxygen atoms in total. The first-order valence-electron chi connectivity index (χ1n) is 8.81. The van der Waals surface area contributed by atoms with E-state index in [9.17, 15) is 9.59 Å². The Balaban J connectivity index is 3.20. The van der Waals surface area contributed by atoms with Gasteiger partial charge in [-0.05, 0) is 93.5 Å². The van der Waals surface area contributed by atoms with E-state index in [2.05, 4.69) is 0 Å². The summed E-state index contributed by atoms with van der Waals surface area (Å²) >= 11 is 18.1. The summed E-state index contributed by atoms with van der Waals surface area (Å²) in [4.78, 5) is 25.4. The Bertz CT molecular complexity index is 664. The lowest BCUT2D eigenvalue weighted by Gasteiger charge is -2.18. The average molecular weight is 768 g/mol. The van der Waals surface area contributed by atoms with Crippen LogP contribution in [0.15, 0.2) is 0 Å². The van der Waals surface area contributed by atoms with Gasteiger partial charge in [0.25, 0.3) is 0 Å². The minimum atomic E-state index is -0.740. The Hall–Kier alpha value is 0.730. The largest absolute Gasteiger partial charge is 0.442 e. The molecular weight excluding hydrogens is 746 g/mol. The van der Waals surface area contributed by atoms with Gasteiger partial charge >= 0.3 is 11.9 Å². The molecule has 0 spiro atoms. The number of nitrogen functional groups attached to an aromatic ring is 1. The van der Waals surface area contributed by atoms with E-state index in [0.717, 1.165) is 25.7 Å². The second-order valence-electron chi connectivity index (χ2n) is 6.02. The van der Waals surface area contributed by atoms with Gasteiger partial charge in [-0.3, -0.25) is 0 Å². The first kappa shape index (κ1) is 26.8. The number of hydrogen-bond donors (Lipinski definition) is 1. The van der Waals surface area contributed by atoms with E-state index < -0.39 is 23.1 Å². The number of hydrogen-bond acceptors (Lipinski definition) is 5. The van der Waals surface area contributed by atoms with Crippen molar-refractivity contribution in [3.63, 3.8) is 0 Å². The zero-order valence-electron chi connectivity index (χ0n) is 15.5. The van der Waals surface area contributed by atoms with Crippen molar-refractivity contribution < 1.29 is 19.1 Å². The molecule has 0 aliphatic rings. The molecule has 28 heavy (non-hydrogen) atoms. The predicted octanol–water partition coefficient (Wildman–Crippen LogP) is 6.91. The monoisotopic (exact) mass is 767 g/mol. The Morgan fingerprint density at radius 2 is 1.21 bits per heavy atom. The third kappa shape index (κ3) is 7.45. The number of carbonyl (C=O) groups excluding carboxylic acids is 2. The van der Waals surface area contributed by atoms with E-state index in [0.29, 0.717) is 29.2 Å². The number of benzene rings is 1. The van der Waals surface area contributed by atoms with Crippen LogP contribution in [0.5, 0.6) is 0 Å². The van der Waals surface area contributed by atoms with Crippen LogP contribution in [0.2, 0.25) is 0 Å². The highest BCUT2D eigenvalue weighted by molar-refractivity contribution is 14.1. The van der Waals surface area contributed by atoms with E-state index in [1.54, 1.807) is 0 Å². The highest BCUT2D eigenvalue weighted by atomic mass is 127. The molecule has 0 amide bonds. The van der Waals surface area contributed by atoms with Crippen molar-refractivity contribution in [2.45, 2.75) is 63.5 Å². The quantitative estimate of drug-likeness (QED) is 0.121. The van der Waals surface area contributed by atoms with Gasteiger partial charge in [-0.25, -0.2) is 9.59 Å². The van der Waals surface area contributed by atoms with Gasteiger partial charge in [0.05, 0.1) is 24.0 Å². The minimum Gasteiger partial charge on any atom is -0.442 e. The van der Waals surface area contributed by atoms with Crippen LogP contribution >= 0.6 is 91.0 Å². The van der Waals surface area contributed by atoms with Gasteiger partial charge in [0.2, 0.25) is 0 Å². The van der Waals surface area contributed by atoms with E-state index in [1.807, 2.05) is 81.6 Å². The molecule has 0 saturated heterocycles. The van der Waals surface area contributed by atoms with Crippen molar-refractivity contribution in [2.24, 2.45) is 0 Å². The molecule has 0 heterocycles. The van der Waals surface area contributed by atoms with Gasteiger partial charge in [0.15, 0.2) is 11.1 Å². The van der Waals surface area contributed by atoms with Crippen LogP contribution in [0.3, 0.4) is 0 Å². The Labute approximate surface area is 216 Å². The molecule has 1 rings (SSSR count). The standard InChI is InChI=1S/C18H22Cl2I3NO4/c1-3-5-7-9(19)27-17(25)11-13(21)12(15(23)16(24)14(11)22)18(26)28-10(20)8-6-4-2/h9-10H,3-8,24H2,1-2H3. The van der Waals surface area contributed by atoms with Gasteiger partial charge in [-0.2, -0.15) is 0 Å². The van der Waals surface area contributed by atoms with Crippen molar-refractivity contribution in [1.29, 1.82) is 0 Å². The van der Waals surface area contributed by atoms with Crippen LogP contribution in [0, 0.1) is 10.7 Å². The van der Waals surface area contributed by atoms with Gasteiger partial charge in [-0.1, -0.05) is 49.9 Å². The molecule has 2 atom stereocenters. The highest BCUT2D eigenvalue weighted by Gasteiger charge is 2.30. The second-order valence-corrected chi connectivity index (χ2v) is 10.2. The topological polar surface area (TPSA) is 78.6 Å². The number of alkyl halides is 2. The van der Waals surface area contributed by atoms with Crippen molar-refractivity contribution >= 4 is 109 Å². The zero-order valence-corrected chi connectivity index (χ0v) is 23.5. The second kappa shape index (κ2) is 13.2. The molecule has 0 aliphatic carbocycles. The summed E-state index contributed by atoms with van der Waals surface area (Å²) in [6.07, 6.45) is 4.68. The average Bonchev–Trinajstić information content (AvgIpc) is 2.62. The lowest BCUT2D eigenvalue weighted by Crippen LogP contribution is -2.22.